The maximum atomic E-state index is 13.6. The highest BCUT2D eigenvalue weighted by molar-refractivity contribution is 6.17. The molecule has 0 fully saturated rings. The number of hydrogen-bond donors (Lipinski definition) is 0. The van der Waals surface area contributed by atoms with Gasteiger partial charge in [0.2, 0.25) is 0 Å². The van der Waals surface area contributed by atoms with Crippen molar-refractivity contribution in [3.05, 3.63) is 65.0 Å². The first kappa shape index (κ1) is 13.9. The van der Waals surface area contributed by atoms with E-state index in [9.17, 15) is 4.39 Å². The van der Waals surface area contributed by atoms with Gasteiger partial charge in [0.15, 0.2) is 0 Å². The number of halogens is 2. The molecule has 19 heavy (non-hydrogen) atoms. The van der Waals surface area contributed by atoms with Crippen LogP contribution in [-0.4, -0.2) is 7.05 Å². The van der Waals surface area contributed by atoms with Crippen LogP contribution in [0.4, 0.5) is 10.1 Å². The van der Waals surface area contributed by atoms with Gasteiger partial charge in [-0.1, -0.05) is 24.3 Å². The monoisotopic (exact) mass is 277 g/mol. The predicted molar refractivity (Wildman–Crippen MR) is 79.2 cm³/mol. The molecule has 0 atom stereocenters. The van der Waals surface area contributed by atoms with Crippen molar-refractivity contribution in [1.29, 1.82) is 0 Å². The second-order valence-electron chi connectivity index (χ2n) is 4.69. The summed E-state index contributed by atoms with van der Waals surface area (Å²) >= 11 is 5.85. The number of nitrogens with zero attached hydrogens (tertiary/aromatic N) is 1. The molecule has 0 radical (unpaired) electrons. The maximum absolute atomic E-state index is 13.6. The number of alkyl halides is 1. The van der Waals surface area contributed by atoms with Gasteiger partial charge in [-0.2, -0.15) is 0 Å². The molecule has 0 saturated heterocycles. The lowest BCUT2D eigenvalue weighted by molar-refractivity contribution is 0.608. The van der Waals surface area contributed by atoms with E-state index in [-0.39, 0.29) is 5.82 Å². The van der Waals surface area contributed by atoms with Crippen molar-refractivity contribution in [3.8, 4) is 0 Å². The Bertz CT molecular complexity index is 568. The Morgan fingerprint density at radius 2 is 1.84 bits per heavy atom. The number of rotatable bonds is 4. The van der Waals surface area contributed by atoms with Crippen LogP contribution in [0.1, 0.15) is 16.7 Å². The van der Waals surface area contributed by atoms with Gasteiger partial charge in [0.05, 0.1) is 0 Å². The molecule has 0 aliphatic heterocycles. The van der Waals surface area contributed by atoms with Crippen LogP contribution in [0.25, 0.3) is 0 Å². The minimum Gasteiger partial charge on any atom is -0.370 e. The second kappa shape index (κ2) is 6.07. The Balaban J connectivity index is 2.18. The minimum atomic E-state index is -0.163. The van der Waals surface area contributed by atoms with E-state index in [1.807, 2.05) is 43.1 Å². The predicted octanol–water partition coefficient (Wildman–Crippen LogP) is 4.51. The van der Waals surface area contributed by atoms with E-state index >= 15 is 0 Å². The van der Waals surface area contributed by atoms with Gasteiger partial charge in [0.1, 0.15) is 5.82 Å². The lowest BCUT2D eigenvalue weighted by atomic mass is 10.1. The van der Waals surface area contributed by atoms with Gasteiger partial charge < -0.3 is 4.90 Å². The summed E-state index contributed by atoms with van der Waals surface area (Å²) in [6, 6.07) is 13.0. The molecule has 0 saturated carbocycles. The van der Waals surface area contributed by atoms with Gasteiger partial charge >= 0.3 is 0 Å². The number of aryl methyl sites for hydroxylation is 1. The van der Waals surface area contributed by atoms with Crippen molar-refractivity contribution < 1.29 is 4.39 Å². The molecule has 0 aliphatic rings. The zero-order valence-corrected chi connectivity index (χ0v) is 11.9. The summed E-state index contributed by atoms with van der Waals surface area (Å²) in [6.07, 6.45) is 0. The van der Waals surface area contributed by atoms with Crippen molar-refractivity contribution >= 4 is 17.3 Å². The lowest BCUT2D eigenvalue weighted by Crippen LogP contribution is -2.17. The first-order chi connectivity index (χ1) is 9.11. The average Bonchev–Trinajstić information content (AvgIpc) is 2.41. The summed E-state index contributed by atoms with van der Waals surface area (Å²) in [5, 5.41) is 0. The first-order valence-electron chi connectivity index (χ1n) is 6.22. The van der Waals surface area contributed by atoms with Gasteiger partial charge in [0.25, 0.3) is 0 Å². The molecular weight excluding hydrogens is 261 g/mol. The summed E-state index contributed by atoms with van der Waals surface area (Å²) in [4.78, 5) is 2.03. The van der Waals surface area contributed by atoms with Crippen LogP contribution in [0.5, 0.6) is 0 Å². The van der Waals surface area contributed by atoms with Crippen LogP contribution in [0, 0.1) is 12.7 Å². The van der Waals surface area contributed by atoms with E-state index in [2.05, 4.69) is 6.07 Å². The summed E-state index contributed by atoms with van der Waals surface area (Å²) in [6.45, 7) is 2.59. The molecule has 2 aromatic rings. The van der Waals surface area contributed by atoms with E-state index in [1.54, 1.807) is 6.07 Å². The molecule has 2 rings (SSSR count). The van der Waals surface area contributed by atoms with Gasteiger partial charge in [0, 0.05) is 30.7 Å². The van der Waals surface area contributed by atoms with Crippen molar-refractivity contribution in [2.24, 2.45) is 0 Å². The third-order valence-corrected chi connectivity index (χ3v) is 3.56. The Morgan fingerprint density at radius 3 is 2.47 bits per heavy atom. The number of hydrogen-bond acceptors (Lipinski definition) is 1. The summed E-state index contributed by atoms with van der Waals surface area (Å²) in [5.41, 5.74) is 4.05. The van der Waals surface area contributed by atoms with Crippen molar-refractivity contribution in [3.63, 3.8) is 0 Å². The van der Waals surface area contributed by atoms with Crippen LogP contribution in [-0.2, 0) is 12.4 Å². The molecular formula is C16H17ClFN. The van der Waals surface area contributed by atoms with Crippen molar-refractivity contribution in [2.45, 2.75) is 19.3 Å². The highest BCUT2D eigenvalue weighted by atomic mass is 35.5. The molecule has 100 valence electrons. The fourth-order valence-electron chi connectivity index (χ4n) is 2.04. The molecule has 0 aliphatic carbocycles. The molecule has 0 heterocycles. The summed E-state index contributed by atoms with van der Waals surface area (Å²) in [5.74, 6) is 0.354. The van der Waals surface area contributed by atoms with E-state index in [4.69, 9.17) is 11.6 Å². The Labute approximate surface area is 118 Å². The Hall–Kier alpha value is -1.54. The zero-order chi connectivity index (χ0) is 13.8. The normalized spacial score (nSPS) is 10.5. The molecule has 0 unspecified atom stereocenters. The molecule has 1 nitrogen and oxygen atoms in total. The number of benzene rings is 2. The van der Waals surface area contributed by atoms with Gasteiger partial charge in [-0.3, -0.25) is 0 Å². The smallest absolute Gasteiger partial charge is 0.128 e. The molecule has 0 amide bonds. The standard InChI is InChI=1S/C16H17ClFN/c1-12-9-15(8-7-13(12)10-17)19(2)11-14-5-3-4-6-16(14)18/h3-9H,10-11H2,1-2H3. The maximum Gasteiger partial charge on any atom is 0.128 e. The number of anilines is 1. The SMILES string of the molecule is Cc1cc(N(C)Cc2ccccc2F)ccc1CCl. The van der Waals surface area contributed by atoms with Gasteiger partial charge in [-0.05, 0) is 36.2 Å². The Morgan fingerprint density at radius 1 is 1.11 bits per heavy atom. The lowest BCUT2D eigenvalue weighted by Gasteiger charge is -2.21. The molecule has 0 bridgehead atoms. The molecule has 0 spiro atoms. The van der Waals surface area contributed by atoms with Crippen LogP contribution < -0.4 is 4.90 Å². The first-order valence-corrected chi connectivity index (χ1v) is 6.75. The molecule has 0 N–H and O–H groups in total. The third-order valence-electron chi connectivity index (χ3n) is 3.28. The highest BCUT2D eigenvalue weighted by Gasteiger charge is 2.07. The Kier molecular flexibility index (Phi) is 4.43. The highest BCUT2D eigenvalue weighted by Crippen LogP contribution is 2.21. The van der Waals surface area contributed by atoms with Crippen LogP contribution in [0.3, 0.4) is 0 Å². The fraction of sp³-hybridized carbons (Fsp3) is 0.250. The third kappa shape index (κ3) is 3.27. The topological polar surface area (TPSA) is 3.24 Å². The van der Waals surface area contributed by atoms with E-state index in [1.165, 1.54) is 6.07 Å². The summed E-state index contributed by atoms with van der Waals surface area (Å²) < 4.78 is 13.6. The van der Waals surface area contributed by atoms with Crippen molar-refractivity contribution in [1.82, 2.24) is 0 Å². The van der Waals surface area contributed by atoms with E-state index in [0.29, 0.717) is 18.0 Å². The minimum absolute atomic E-state index is 0.163. The molecule has 3 heteroatoms. The van der Waals surface area contributed by atoms with Crippen LogP contribution >= 0.6 is 11.6 Å². The van der Waals surface area contributed by atoms with Gasteiger partial charge in [-0.15, -0.1) is 11.6 Å². The summed E-state index contributed by atoms with van der Waals surface area (Å²) in [7, 11) is 1.96. The zero-order valence-electron chi connectivity index (χ0n) is 11.2. The quantitative estimate of drug-likeness (QED) is 0.743. The van der Waals surface area contributed by atoms with Crippen molar-refractivity contribution in [2.75, 3.05) is 11.9 Å². The van der Waals surface area contributed by atoms with Crippen LogP contribution in [0.15, 0.2) is 42.5 Å². The van der Waals surface area contributed by atoms with Gasteiger partial charge in [-0.25, -0.2) is 4.39 Å². The molecule has 0 aromatic heterocycles. The second-order valence-corrected chi connectivity index (χ2v) is 4.96. The van der Waals surface area contributed by atoms with E-state index < -0.39 is 0 Å². The average molecular weight is 278 g/mol. The van der Waals surface area contributed by atoms with Crippen LogP contribution in [0.2, 0.25) is 0 Å². The fourth-order valence-corrected chi connectivity index (χ4v) is 2.34. The largest absolute Gasteiger partial charge is 0.370 e. The molecule has 2 aromatic carbocycles. The van der Waals surface area contributed by atoms with E-state index in [0.717, 1.165) is 16.8 Å².